The summed E-state index contributed by atoms with van der Waals surface area (Å²) in [4.78, 5) is 23.8. The van der Waals surface area contributed by atoms with Gasteiger partial charge in [-0.2, -0.15) is 5.10 Å². The lowest BCUT2D eigenvalue weighted by Crippen LogP contribution is -2.17. The van der Waals surface area contributed by atoms with Gasteiger partial charge in [-0.3, -0.25) is 4.79 Å². The van der Waals surface area contributed by atoms with Crippen LogP contribution in [0.1, 0.15) is 37.7 Å². The van der Waals surface area contributed by atoms with E-state index in [0.717, 1.165) is 20.5 Å². The fraction of sp³-hybridized carbons (Fsp3) is 0.136. The number of hydrazone groups is 1. The molecular weight excluding hydrogens is 533 g/mol. The van der Waals surface area contributed by atoms with Crippen molar-refractivity contribution in [3.63, 3.8) is 0 Å². The third-order valence-electron chi connectivity index (χ3n) is 4.69. The quantitative estimate of drug-likeness (QED) is 0.261. The Hall–Kier alpha value is -2.85. The number of hydrogen-bond acceptors (Lipinski definition) is 4. The van der Waals surface area contributed by atoms with Crippen LogP contribution in [0.2, 0.25) is 5.02 Å². The maximum atomic E-state index is 12.4. The molecule has 0 radical (unpaired) electrons. The van der Waals surface area contributed by atoms with E-state index in [9.17, 15) is 14.7 Å². The van der Waals surface area contributed by atoms with Crippen LogP contribution in [0, 0.1) is 17.4 Å². The van der Waals surface area contributed by atoms with E-state index in [2.05, 4.69) is 33.1 Å². The fourth-order valence-electron chi connectivity index (χ4n) is 3.16. The van der Waals surface area contributed by atoms with Crippen molar-refractivity contribution in [2.24, 2.45) is 5.10 Å². The number of benzene rings is 2. The minimum Gasteiger partial charge on any atom is -0.496 e. The lowest BCUT2D eigenvalue weighted by Gasteiger charge is -2.11. The summed E-state index contributed by atoms with van der Waals surface area (Å²) in [6.07, 6.45) is 1.55. The SMILES string of the molecule is COc1cc(C(=O)N/N=C\c2cc(C)n(-c3ccc(Cl)c(C(=O)O)c3)c2C)ccc1I. The Morgan fingerprint density at radius 2 is 1.94 bits per heavy atom. The van der Waals surface area contributed by atoms with Crippen LogP contribution in [-0.4, -0.2) is 34.9 Å². The molecule has 160 valence electrons. The molecule has 3 rings (SSSR count). The number of amides is 1. The third-order valence-corrected chi connectivity index (χ3v) is 5.91. The lowest BCUT2D eigenvalue weighted by atomic mass is 10.2. The molecule has 7 nitrogen and oxygen atoms in total. The molecule has 0 aliphatic carbocycles. The number of carboxylic acid groups (broad SMARTS) is 1. The van der Waals surface area contributed by atoms with E-state index >= 15 is 0 Å². The Morgan fingerprint density at radius 3 is 2.61 bits per heavy atom. The summed E-state index contributed by atoms with van der Waals surface area (Å²) < 4.78 is 8.04. The maximum absolute atomic E-state index is 12.4. The number of aromatic nitrogens is 1. The molecule has 0 spiro atoms. The Labute approximate surface area is 197 Å². The molecule has 1 heterocycles. The zero-order valence-electron chi connectivity index (χ0n) is 16.9. The smallest absolute Gasteiger partial charge is 0.337 e. The molecule has 0 saturated heterocycles. The summed E-state index contributed by atoms with van der Waals surface area (Å²) in [5, 5.41) is 13.6. The average molecular weight is 552 g/mol. The van der Waals surface area contributed by atoms with E-state index < -0.39 is 5.97 Å². The number of carbonyl (C=O) groups excluding carboxylic acids is 1. The number of rotatable bonds is 6. The van der Waals surface area contributed by atoms with Gasteiger partial charge >= 0.3 is 5.97 Å². The number of carboxylic acids is 1. The highest BCUT2D eigenvalue weighted by molar-refractivity contribution is 14.1. The van der Waals surface area contributed by atoms with Gasteiger partial charge in [0.25, 0.3) is 5.91 Å². The topological polar surface area (TPSA) is 92.9 Å². The van der Waals surface area contributed by atoms with E-state index in [1.54, 1.807) is 43.7 Å². The Balaban J connectivity index is 1.83. The van der Waals surface area contributed by atoms with Gasteiger partial charge in [0, 0.05) is 28.2 Å². The van der Waals surface area contributed by atoms with Crippen LogP contribution in [0.4, 0.5) is 0 Å². The van der Waals surface area contributed by atoms with Gasteiger partial charge in [-0.1, -0.05) is 11.6 Å². The second-order valence-corrected chi connectivity index (χ2v) is 8.25. The van der Waals surface area contributed by atoms with E-state index in [0.29, 0.717) is 17.0 Å². The molecule has 0 saturated carbocycles. The highest BCUT2D eigenvalue weighted by Gasteiger charge is 2.14. The van der Waals surface area contributed by atoms with Crippen LogP contribution in [-0.2, 0) is 0 Å². The zero-order valence-corrected chi connectivity index (χ0v) is 19.9. The Bertz CT molecular complexity index is 1200. The molecule has 0 aliphatic rings. The monoisotopic (exact) mass is 551 g/mol. The van der Waals surface area contributed by atoms with Crippen LogP contribution >= 0.6 is 34.2 Å². The summed E-state index contributed by atoms with van der Waals surface area (Å²) in [5.74, 6) is -0.834. The molecule has 31 heavy (non-hydrogen) atoms. The molecule has 1 amide bonds. The summed E-state index contributed by atoms with van der Waals surface area (Å²) in [6, 6.07) is 11.9. The van der Waals surface area contributed by atoms with Crippen LogP contribution in [0.15, 0.2) is 47.6 Å². The van der Waals surface area contributed by atoms with E-state index in [1.165, 1.54) is 6.07 Å². The van der Waals surface area contributed by atoms with Gasteiger partial charge in [0.05, 0.1) is 27.5 Å². The molecule has 0 fully saturated rings. The molecule has 0 bridgehead atoms. The fourth-order valence-corrected chi connectivity index (χ4v) is 3.91. The first kappa shape index (κ1) is 22.8. The third kappa shape index (κ3) is 4.91. The normalized spacial score (nSPS) is 11.0. The van der Waals surface area contributed by atoms with Crippen molar-refractivity contribution in [2.45, 2.75) is 13.8 Å². The first-order valence-corrected chi connectivity index (χ1v) is 10.6. The van der Waals surface area contributed by atoms with Crippen molar-refractivity contribution >= 4 is 52.3 Å². The average Bonchev–Trinajstić information content (AvgIpc) is 3.01. The van der Waals surface area contributed by atoms with Gasteiger partial charge in [-0.15, -0.1) is 0 Å². The summed E-state index contributed by atoms with van der Waals surface area (Å²) in [5.41, 5.74) is 6.15. The van der Waals surface area contributed by atoms with E-state index in [1.807, 2.05) is 24.5 Å². The predicted molar refractivity (Wildman–Crippen MR) is 128 cm³/mol. The molecule has 3 aromatic rings. The van der Waals surface area contributed by atoms with E-state index in [4.69, 9.17) is 16.3 Å². The Kier molecular flexibility index (Phi) is 7.01. The van der Waals surface area contributed by atoms with Gasteiger partial charge in [0.15, 0.2) is 0 Å². The zero-order chi connectivity index (χ0) is 22.7. The number of aryl methyl sites for hydroxylation is 1. The largest absolute Gasteiger partial charge is 0.496 e. The lowest BCUT2D eigenvalue weighted by molar-refractivity contribution is 0.0696. The van der Waals surface area contributed by atoms with E-state index in [-0.39, 0.29) is 16.5 Å². The van der Waals surface area contributed by atoms with Crippen molar-refractivity contribution in [1.82, 2.24) is 9.99 Å². The molecule has 9 heteroatoms. The molecule has 0 aliphatic heterocycles. The van der Waals surface area contributed by atoms with Gasteiger partial charge in [0.2, 0.25) is 0 Å². The number of hydrogen-bond donors (Lipinski definition) is 2. The minimum atomic E-state index is -1.09. The van der Waals surface area contributed by atoms with Crippen LogP contribution in [0.25, 0.3) is 5.69 Å². The first-order chi connectivity index (χ1) is 14.7. The summed E-state index contributed by atoms with van der Waals surface area (Å²) >= 11 is 8.11. The van der Waals surface area contributed by atoms with Crippen LogP contribution in [0.5, 0.6) is 5.75 Å². The molecule has 2 aromatic carbocycles. The second kappa shape index (κ2) is 9.52. The highest BCUT2D eigenvalue weighted by Crippen LogP contribution is 2.25. The van der Waals surface area contributed by atoms with Crippen LogP contribution < -0.4 is 10.2 Å². The molecule has 0 unspecified atom stereocenters. The highest BCUT2D eigenvalue weighted by atomic mass is 127. The molecular formula is C22H19ClIN3O4. The molecule has 2 N–H and O–H groups in total. The molecule has 0 atom stereocenters. The van der Waals surface area contributed by atoms with Crippen LogP contribution in [0.3, 0.4) is 0 Å². The van der Waals surface area contributed by atoms with Crippen molar-refractivity contribution in [3.8, 4) is 11.4 Å². The van der Waals surface area contributed by atoms with Gasteiger partial charge < -0.3 is 14.4 Å². The van der Waals surface area contributed by atoms with Gasteiger partial charge in [-0.05, 0) is 78.9 Å². The standard InChI is InChI=1S/C22H19ClIN3O4/c1-12-8-15(11-25-26-21(28)14-4-7-19(24)20(9-14)31-3)13(2)27(12)16-5-6-18(23)17(10-16)22(29)30/h4-11H,1-3H3,(H,26,28)(H,29,30)/b25-11-. The Morgan fingerprint density at radius 1 is 1.19 bits per heavy atom. The van der Waals surface area contributed by atoms with Gasteiger partial charge in [0.1, 0.15) is 5.75 Å². The van der Waals surface area contributed by atoms with Crippen molar-refractivity contribution < 1.29 is 19.4 Å². The number of methoxy groups -OCH3 is 1. The second-order valence-electron chi connectivity index (χ2n) is 6.68. The summed E-state index contributed by atoms with van der Waals surface area (Å²) in [6.45, 7) is 3.78. The number of halogens is 2. The summed E-state index contributed by atoms with van der Waals surface area (Å²) in [7, 11) is 1.55. The van der Waals surface area contributed by atoms with Crippen molar-refractivity contribution in [2.75, 3.05) is 7.11 Å². The number of nitrogens with one attached hydrogen (secondary N) is 1. The maximum Gasteiger partial charge on any atom is 0.337 e. The first-order valence-electron chi connectivity index (χ1n) is 9.12. The van der Waals surface area contributed by atoms with Crippen molar-refractivity contribution in [3.05, 3.63) is 79.1 Å². The molecule has 1 aromatic heterocycles. The van der Waals surface area contributed by atoms with Crippen molar-refractivity contribution in [1.29, 1.82) is 0 Å². The predicted octanol–water partition coefficient (Wildman–Crippen LogP) is 4.82. The number of ether oxygens (including phenoxy) is 1. The number of aromatic carboxylic acids is 1. The number of carbonyl (C=O) groups is 2. The number of nitrogens with zero attached hydrogens (tertiary/aromatic N) is 2. The van der Waals surface area contributed by atoms with Gasteiger partial charge in [-0.25, -0.2) is 10.2 Å². The minimum absolute atomic E-state index is 0.0297.